The minimum atomic E-state index is -0.532. The molecule has 1 fully saturated rings. The van der Waals surface area contributed by atoms with Gasteiger partial charge >= 0.3 is 0 Å². The maximum atomic E-state index is 13.1. The monoisotopic (exact) mass is 195 g/mol. The number of benzene rings is 1. The van der Waals surface area contributed by atoms with Crippen LogP contribution >= 0.6 is 0 Å². The zero-order valence-electron chi connectivity index (χ0n) is 8.18. The smallest absolute Gasteiger partial charge is 0.167 e. The first kappa shape index (κ1) is 9.46. The highest BCUT2D eigenvalue weighted by atomic mass is 19.1. The fourth-order valence-corrected chi connectivity index (χ4v) is 1.67. The molecule has 0 heterocycles. The molecule has 2 rings (SSSR count). The van der Waals surface area contributed by atoms with E-state index in [1.54, 1.807) is 13.0 Å². The highest BCUT2D eigenvalue weighted by Gasteiger charge is 2.38. The maximum absolute atomic E-state index is 13.1. The van der Waals surface area contributed by atoms with Crippen molar-refractivity contribution in [2.75, 3.05) is 0 Å². The van der Waals surface area contributed by atoms with Crippen molar-refractivity contribution >= 4 is 0 Å². The van der Waals surface area contributed by atoms with Gasteiger partial charge < -0.3 is 10.8 Å². The molecule has 1 aromatic rings. The molecule has 76 valence electrons. The molecule has 0 unspecified atom stereocenters. The molecule has 0 aromatic heterocycles. The summed E-state index contributed by atoms with van der Waals surface area (Å²) in [6, 6.07) is 3.22. The first-order chi connectivity index (χ1) is 6.50. The van der Waals surface area contributed by atoms with Crippen LogP contribution in [0.5, 0.6) is 5.75 Å². The second-order valence-electron chi connectivity index (χ2n) is 4.28. The first-order valence-corrected chi connectivity index (χ1v) is 4.77. The molecule has 0 spiro atoms. The second-order valence-corrected chi connectivity index (χ2v) is 4.28. The van der Waals surface area contributed by atoms with E-state index in [2.05, 4.69) is 0 Å². The van der Waals surface area contributed by atoms with Gasteiger partial charge in [-0.2, -0.15) is 0 Å². The van der Waals surface area contributed by atoms with Gasteiger partial charge in [-0.1, -0.05) is 6.07 Å². The van der Waals surface area contributed by atoms with Crippen LogP contribution in [0.2, 0.25) is 0 Å². The van der Waals surface area contributed by atoms with Crippen molar-refractivity contribution in [1.82, 2.24) is 0 Å². The fraction of sp³-hybridized carbons (Fsp3) is 0.455. The van der Waals surface area contributed by atoms with Crippen LogP contribution in [0.3, 0.4) is 0 Å². The molecule has 3 N–H and O–H groups in total. The number of phenolic OH excluding ortho intramolecular Hbond substituents is 1. The highest BCUT2D eigenvalue weighted by Crippen LogP contribution is 2.36. The van der Waals surface area contributed by atoms with Crippen LogP contribution < -0.4 is 5.73 Å². The normalized spacial score (nSPS) is 18.2. The summed E-state index contributed by atoms with van der Waals surface area (Å²) in [4.78, 5) is 0. The minimum absolute atomic E-state index is 0.100. The molecular formula is C11H14FNO. The molecule has 1 aliphatic rings. The van der Waals surface area contributed by atoms with Gasteiger partial charge in [-0.05, 0) is 43.4 Å². The van der Waals surface area contributed by atoms with Crippen LogP contribution in [0.4, 0.5) is 4.39 Å². The van der Waals surface area contributed by atoms with Crippen molar-refractivity contribution in [3.8, 4) is 5.75 Å². The molecule has 1 aromatic carbocycles. The number of hydrogen-bond donors (Lipinski definition) is 2. The Bertz CT molecular complexity index is 349. The van der Waals surface area contributed by atoms with Crippen LogP contribution in [0.1, 0.15) is 24.0 Å². The summed E-state index contributed by atoms with van der Waals surface area (Å²) < 4.78 is 13.1. The average Bonchev–Trinajstić information content (AvgIpc) is 2.79. The van der Waals surface area contributed by atoms with Crippen LogP contribution in [0.15, 0.2) is 12.1 Å². The van der Waals surface area contributed by atoms with E-state index in [-0.39, 0.29) is 11.3 Å². The average molecular weight is 195 g/mol. The van der Waals surface area contributed by atoms with Crippen molar-refractivity contribution in [3.63, 3.8) is 0 Å². The summed E-state index contributed by atoms with van der Waals surface area (Å²) in [7, 11) is 0. The lowest BCUT2D eigenvalue weighted by molar-refractivity contribution is 0.429. The molecule has 0 amide bonds. The predicted molar refractivity (Wildman–Crippen MR) is 52.7 cm³/mol. The predicted octanol–water partition coefficient (Wildman–Crippen LogP) is 1.87. The highest BCUT2D eigenvalue weighted by molar-refractivity contribution is 5.36. The molecule has 14 heavy (non-hydrogen) atoms. The van der Waals surface area contributed by atoms with Gasteiger partial charge in [0, 0.05) is 5.54 Å². The molecule has 0 saturated heterocycles. The van der Waals surface area contributed by atoms with E-state index in [9.17, 15) is 9.50 Å². The van der Waals surface area contributed by atoms with Gasteiger partial charge in [0.1, 0.15) is 0 Å². The zero-order valence-corrected chi connectivity index (χ0v) is 8.18. The second kappa shape index (κ2) is 2.95. The number of halogens is 1. The standard InChI is InChI=1S/C11H14FNO/c1-7-4-8(5-9(14)10(7)12)6-11(13)2-3-11/h4-5,14H,2-3,6,13H2,1H3. The van der Waals surface area contributed by atoms with Crippen molar-refractivity contribution in [3.05, 3.63) is 29.1 Å². The van der Waals surface area contributed by atoms with Crippen molar-refractivity contribution in [2.45, 2.75) is 31.7 Å². The molecule has 3 heteroatoms. The zero-order chi connectivity index (χ0) is 10.3. The molecule has 0 aliphatic heterocycles. The SMILES string of the molecule is Cc1cc(CC2(N)CC2)cc(O)c1F. The Morgan fingerprint density at radius 2 is 2.14 bits per heavy atom. The Hall–Kier alpha value is -1.09. The molecule has 1 saturated carbocycles. The topological polar surface area (TPSA) is 46.2 Å². The Kier molecular flexibility index (Phi) is 2.00. The Labute approximate surface area is 82.5 Å². The Morgan fingerprint density at radius 3 is 2.64 bits per heavy atom. The number of rotatable bonds is 2. The number of aryl methyl sites for hydroxylation is 1. The number of aromatic hydroxyl groups is 1. The molecule has 0 radical (unpaired) electrons. The van der Waals surface area contributed by atoms with Crippen molar-refractivity contribution < 1.29 is 9.50 Å². The van der Waals surface area contributed by atoms with E-state index in [1.807, 2.05) is 0 Å². The van der Waals surface area contributed by atoms with Crippen molar-refractivity contribution in [2.24, 2.45) is 5.73 Å². The lowest BCUT2D eigenvalue weighted by atomic mass is 10.0. The third-order valence-electron chi connectivity index (χ3n) is 2.74. The quantitative estimate of drug-likeness (QED) is 0.756. The molecule has 0 bridgehead atoms. The van der Waals surface area contributed by atoms with Gasteiger partial charge in [-0.3, -0.25) is 0 Å². The third-order valence-corrected chi connectivity index (χ3v) is 2.74. The lowest BCUT2D eigenvalue weighted by Gasteiger charge is -2.10. The van der Waals surface area contributed by atoms with Gasteiger partial charge in [-0.25, -0.2) is 4.39 Å². The van der Waals surface area contributed by atoms with E-state index >= 15 is 0 Å². The van der Waals surface area contributed by atoms with E-state index in [0.717, 1.165) is 24.8 Å². The number of phenols is 1. The minimum Gasteiger partial charge on any atom is -0.505 e. The fourth-order valence-electron chi connectivity index (χ4n) is 1.67. The van der Waals surface area contributed by atoms with Crippen LogP contribution in [-0.4, -0.2) is 10.6 Å². The van der Waals surface area contributed by atoms with E-state index in [4.69, 9.17) is 5.73 Å². The van der Waals surface area contributed by atoms with Gasteiger partial charge in [0.05, 0.1) is 0 Å². The Balaban J connectivity index is 2.26. The van der Waals surface area contributed by atoms with E-state index in [1.165, 1.54) is 6.07 Å². The van der Waals surface area contributed by atoms with Crippen LogP contribution in [-0.2, 0) is 6.42 Å². The maximum Gasteiger partial charge on any atom is 0.167 e. The lowest BCUT2D eigenvalue weighted by Crippen LogP contribution is -2.24. The van der Waals surface area contributed by atoms with Gasteiger partial charge in [-0.15, -0.1) is 0 Å². The summed E-state index contributed by atoms with van der Waals surface area (Å²) in [5, 5.41) is 9.28. The Morgan fingerprint density at radius 1 is 1.50 bits per heavy atom. The molecule has 1 aliphatic carbocycles. The summed E-state index contributed by atoms with van der Waals surface area (Å²) in [6.45, 7) is 1.65. The first-order valence-electron chi connectivity index (χ1n) is 4.77. The molecule has 0 atom stereocenters. The van der Waals surface area contributed by atoms with Crippen molar-refractivity contribution in [1.29, 1.82) is 0 Å². The largest absolute Gasteiger partial charge is 0.505 e. The van der Waals surface area contributed by atoms with E-state index < -0.39 is 5.82 Å². The van der Waals surface area contributed by atoms with Gasteiger partial charge in [0.2, 0.25) is 0 Å². The summed E-state index contributed by atoms with van der Waals surface area (Å²) in [6.07, 6.45) is 2.76. The summed E-state index contributed by atoms with van der Waals surface area (Å²) in [5.74, 6) is -0.806. The van der Waals surface area contributed by atoms with Gasteiger partial charge in [0.15, 0.2) is 11.6 Å². The van der Waals surface area contributed by atoms with Gasteiger partial charge in [0.25, 0.3) is 0 Å². The summed E-state index contributed by atoms with van der Waals surface area (Å²) in [5.41, 5.74) is 7.24. The molecule has 2 nitrogen and oxygen atoms in total. The molecular weight excluding hydrogens is 181 g/mol. The van der Waals surface area contributed by atoms with E-state index in [0.29, 0.717) is 5.56 Å². The number of hydrogen-bond acceptors (Lipinski definition) is 2. The third kappa shape index (κ3) is 1.73. The van der Waals surface area contributed by atoms with Crippen LogP contribution in [0.25, 0.3) is 0 Å². The van der Waals surface area contributed by atoms with Crippen LogP contribution in [0, 0.1) is 12.7 Å². The number of nitrogens with two attached hydrogens (primary N) is 1. The summed E-state index contributed by atoms with van der Waals surface area (Å²) >= 11 is 0.